The number of esters is 1. The van der Waals surface area contributed by atoms with Crippen LogP contribution in [0.5, 0.6) is 0 Å². The molecule has 2 aliphatic rings. The van der Waals surface area contributed by atoms with Gasteiger partial charge in [0.25, 0.3) is 5.91 Å². The average Bonchev–Trinajstić information content (AvgIpc) is 2.89. The van der Waals surface area contributed by atoms with Crippen LogP contribution in [-0.2, 0) is 21.4 Å². The molecule has 1 saturated carbocycles. The number of fused-ring (bicyclic) bond motifs is 4. The second-order valence-electron chi connectivity index (χ2n) is 11.9. The first-order chi connectivity index (χ1) is 18.1. The molecule has 1 aromatic heterocycles. The van der Waals surface area contributed by atoms with E-state index in [0.717, 1.165) is 32.1 Å². The van der Waals surface area contributed by atoms with Gasteiger partial charge in [-0.2, -0.15) is 0 Å². The minimum atomic E-state index is -0.860. The number of hydrogen-bond acceptors (Lipinski definition) is 5. The first-order valence-corrected chi connectivity index (χ1v) is 13.7. The van der Waals surface area contributed by atoms with Gasteiger partial charge in [0, 0.05) is 11.9 Å². The SMILES string of the molecule is CC(C)c1ccc2c(c1)CCC1C(C)(CNC(=O)COC(=O)c3cc4ccccc4oc3=O)CCCC21C. The third-order valence-electron chi connectivity index (χ3n) is 9.05. The molecule has 0 radical (unpaired) electrons. The van der Waals surface area contributed by atoms with Gasteiger partial charge in [-0.05, 0) is 77.2 Å². The Morgan fingerprint density at radius 2 is 1.89 bits per heavy atom. The minimum absolute atomic E-state index is 0.0551. The van der Waals surface area contributed by atoms with Gasteiger partial charge in [0.05, 0.1) is 0 Å². The Bertz CT molecular complexity index is 1440. The Labute approximate surface area is 223 Å². The van der Waals surface area contributed by atoms with Crippen molar-refractivity contribution in [2.45, 2.75) is 71.1 Å². The molecule has 1 fully saturated rings. The quantitative estimate of drug-likeness (QED) is 0.326. The number of amides is 1. The number of carbonyl (C=O) groups excluding carboxylic acids is 2. The van der Waals surface area contributed by atoms with Crippen LogP contribution in [0.3, 0.4) is 0 Å². The summed E-state index contributed by atoms with van der Waals surface area (Å²) in [4.78, 5) is 37.5. The number of para-hydroxylation sites is 1. The summed E-state index contributed by atoms with van der Waals surface area (Å²) in [7, 11) is 0. The summed E-state index contributed by atoms with van der Waals surface area (Å²) in [6.07, 6.45) is 5.47. The van der Waals surface area contributed by atoms with E-state index in [4.69, 9.17) is 9.15 Å². The second-order valence-corrected chi connectivity index (χ2v) is 11.9. The molecule has 3 atom stereocenters. The largest absolute Gasteiger partial charge is 0.452 e. The Kier molecular flexibility index (Phi) is 6.93. The fraction of sp³-hybridized carbons (Fsp3) is 0.469. The van der Waals surface area contributed by atoms with Gasteiger partial charge in [0.15, 0.2) is 6.61 Å². The molecule has 38 heavy (non-hydrogen) atoms. The van der Waals surface area contributed by atoms with E-state index in [9.17, 15) is 14.4 Å². The van der Waals surface area contributed by atoms with E-state index < -0.39 is 18.2 Å². The fourth-order valence-electron chi connectivity index (χ4n) is 6.98. The number of hydrogen-bond donors (Lipinski definition) is 1. The van der Waals surface area contributed by atoms with Crippen molar-refractivity contribution in [3.05, 3.63) is 81.2 Å². The maximum absolute atomic E-state index is 12.7. The molecule has 1 amide bonds. The van der Waals surface area contributed by atoms with Crippen LogP contribution in [0.1, 0.15) is 86.3 Å². The van der Waals surface area contributed by atoms with Crippen LogP contribution in [0, 0.1) is 11.3 Å². The highest BCUT2D eigenvalue weighted by molar-refractivity contribution is 5.94. The topological polar surface area (TPSA) is 85.6 Å². The number of carbonyl (C=O) groups is 2. The van der Waals surface area contributed by atoms with E-state index in [1.54, 1.807) is 24.3 Å². The first kappa shape index (κ1) is 26.2. The molecule has 1 heterocycles. The molecule has 0 aliphatic heterocycles. The van der Waals surface area contributed by atoms with Gasteiger partial charge in [-0.3, -0.25) is 4.79 Å². The summed E-state index contributed by atoms with van der Waals surface area (Å²) in [6.45, 7) is 9.26. The van der Waals surface area contributed by atoms with Crippen molar-refractivity contribution in [2.24, 2.45) is 11.3 Å². The lowest BCUT2D eigenvalue weighted by molar-refractivity contribution is -0.125. The maximum Gasteiger partial charge on any atom is 0.351 e. The summed E-state index contributed by atoms with van der Waals surface area (Å²) in [6, 6.07) is 15.4. The summed E-state index contributed by atoms with van der Waals surface area (Å²) in [5.74, 6) is -0.260. The van der Waals surface area contributed by atoms with E-state index >= 15 is 0 Å². The van der Waals surface area contributed by atoms with Gasteiger partial charge in [0.2, 0.25) is 0 Å². The summed E-state index contributed by atoms with van der Waals surface area (Å²) in [5.41, 5.74) is 3.77. The van der Waals surface area contributed by atoms with Crippen molar-refractivity contribution in [3.8, 4) is 0 Å². The van der Waals surface area contributed by atoms with E-state index in [2.05, 4.69) is 51.2 Å². The Balaban J connectivity index is 1.23. The van der Waals surface area contributed by atoms with Gasteiger partial charge in [-0.25, -0.2) is 9.59 Å². The van der Waals surface area contributed by atoms with Crippen molar-refractivity contribution >= 4 is 22.8 Å². The van der Waals surface area contributed by atoms with Gasteiger partial charge in [-0.15, -0.1) is 0 Å². The molecule has 5 rings (SSSR count). The average molecular weight is 516 g/mol. The second kappa shape index (κ2) is 10.0. The van der Waals surface area contributed by atoms with Crippen molar-refractivity contribution in [1.29, 1.82) is 0 Å². The Morgan fingerprint density at radius 3 is 2.68 bits per heavy atom. The number of aryl methyl sites for hydroxylation is 1. The van der Waals surface area contributed by atoms with Crippen LogP contribution in [0.25, 0.3) is 11.0 Å². The highest BCUT2D eigenvalue weighted by Gasteiger charge is 2.51. The molecular formula is C32H37NO5. The zero-order chi connectivity index (χ0) is 27.1. The highest BCUT2D eigenvalue weighted by atomic mass is 16.5. The lowest BCUT2D eigenvalue weighted by Crippen LogP contribution is -2.53. The molecule has 2 aliphatic carbocycles. The standard InChI is InChI=1S/C32H37NO5/c1-20(2)21-10-12-25-22(16-21)11-13-27-31(3,14-7-15-32(25,27)4)19-33-28(34)18-37-29(35)24-17-23-8-5-6-9-26(23)38-30(24)36/h5-6,8-10,12,16-17,20,27H,7,11,13-15,18-19H2,1-4H3,(H,33,34). The van der Waals surface area contributed by atoms with E-state index in [1.165, 1.54) is 22.8 Å². The van der Waals surface area contributed by atoms with E-state index in [0.29, 0.717) is 29.3 Å². The third-order valence-corrected chi connectivity index (χ3v) is 9.05. The van der Waals surface area contributed by atoms with Crippen LogP contribution in [0.15, 0.2) is 57.7 Å². The Hall–Kier alpha value is -3.41. The molecule has 200 valence electrons. The molecule has 3 aromatic rings. The molecule has 0 bridgehead atoms. The smallest absolute Gasteiger partial charge is 0.351 e. The van der Waals surface area contributed by atoms with Crippen LogP contribution in [0.2, 0.25) is 0 Å². The van der Waals surface area contributed by atoms with Gasteiger partial charge >= 0.3 is 11.6 Å². The third kappa shape index (κ3) is 4.77. The van der Waals surface area contributed by atoms with Gasteiger partial charge in [-0.1, -0.05) is 70.5 Å². The van der Waals surface area contributed by atoms with Crippen molar-refractivity contribution in [1.82, 2.24) is 5.32 Å². The van der Waals surface area contributed by atoms with E-state index in [1.807, 2.05) is 0 Å². The normalized spacial score (nSPS) is 24.5. The lowest BCUT2D eigenvalue weighted by Gasteiger charge is -2.55. The molecule has 0 saturated heterocycles. The zero-order valence-corrected chi connectivity index (χ0v) is 22.8. The summed E-state index contributed by atoms with van der Waals surface area (Å²) >= 11 is 0. The van der Waals surface area contributed by atoms with Crippen molar-refractivity contribution < 1.29 is 18.7 Å². The maximum atomic E-state index is 12.7. The van der Waals surface area contributed by atoms with Crippen LogP contribution in [0.4, 0.5) is 0 Å². The molecular weight excluding hydrogens is 478 g/mol. The molecule has 1 N–H and O–H groups in total. The predicted octanol–water partition coefficient (Wildman–Crippen LogP) is 5.90. The fourth-order valence-corrected chi connectivity index (χ4v) is 6.98. The molecule has 6 nitrogen and oxygen atoms in total. The van der Waals surface area contributed by atoms with E-state index in [-0.39, 0.29) is 22.3 Å². The van der Waals surface area contributed by atoms with Crippen LogP contribution >= 0.6 is 0 Å². The van der Waals surface area contributed by atoms with Crippen molar-refractivity contribution in [3.63, 3.8) is 0 Å². The zero-order valence-electron chi connectivity index (χ0n) is 22.8. The van der Waals surface area contributed by atoms with Crippen molar-refractivity contribution in [2.75, 3.05) is 13.2 Å². The van der Waals surface area contributed by atoms with Crippen LogP contribution in [-0.4, -0.2) is 25.0 Å². The summed E-state index contributed by atoms with van der Waals surface area (Å²) in [5, 5.41) is 3.64. The highest BCUT2D eigenvalue weighted by Crippen LogP contribution is 2.57. The molecule has 2 aromatic carbocycles. The minimum Gasteiger partial charge on any atom is -0.452 e. The Morgan fingerprint density at radius 1 is 1.11 bits per heavy atom. The number of rotatable bonds is 6. The summed E-state index contributed by atoms with van der Waals surface area (Å²) < 4.78 is 10.4. The molecule has 3 unspecified atom stereocenters. The van der Waals surface area contributed by atoms with Gasteiger partial charge in [0.1, 0.15) is 11.1 Å². The first-order valence-electron chi connectivity index (χ1n) is 13.7. The lowest BCUT2D eigenvalue weighted by atomic mass is 9.49. The number of ether oxygens (including phenoxy) is 1. The van der Waals surface area contributed by atoms with Gasteiger partial charge < -0.3 is 14.5 Å². The monoisotopic (exact) mass is 515 g/mol. The number of benzene rings is 2. The van der Waals surface area contributed by atoms with Crippen LogP contribution < -0.4 is 10.9 Å². The number of nitrogens with one attached hydrogen (secondary N) is 1. The molecule has 6 heteroatoms. The molecule has 0 spiro atoms. The predicted molar refractivity (Wildman–Crippen MR) is 147 cm³/mol.